The molecule has 2 rings (SSSR count). The van der Waals surface area contributed by atoms with Gasteiger partial charge in [-0.1, -0.05) is 12.1 Å². The van der Waals surface area contributed by atoms with E-state index >= 15 is 0 Å². The molecule has 1 aromatic carbocycles. The van der Waals surface area contributed by atoms with Crippen molar-refractivity contribution in [1.82, 2.24) is 0 Å². The summed E-state index contributed by atoms with van der Waals surface area (Å²) in [6.07, 6.45) is 3.33. The van der Waals surface area contributed by atoms with Crippen molar-refractivity contribution in [3.05, 3.63) is 23.8 Å². The monoisotopic (exact) mass is 256 g/mol. The zero-order valence-electron chi connectivity index (χ0n) is 9.64. The van der Waals surface area contributed by atoms with Gasteiger partial charge in [-0.3, -0.25) is 4.72 Å². The molecule has 1 aliphatic rings. The van der Waals surface area contributed by atoms with Crippen LogP contribution in [-0.2, 0) is 16.6 Å². The van der Waals surface area contributed by atoms with Gasteiger partial charge in [-0.05, 0) is 18.9 Å². The third kappa shape index (κ3) is 3.34. The molecule has 0 aromatic heterocycles. The van der Waals surface area contributed by atoms with Gasteiger partial charge in [0.2, 0.25) is 10.0 Å². The number of rotatable bonds is 5. The second-order valence-electron chi connectivity index (χ2n) is 4.19. The van der Waals surface area contributed by atoms with Crippen LogP contribution in [-0.4, -0.2) is 20.8 Å². The first-order valence-corrected chi connectivity index (χ1v) is 7.35. The quantitative estimate of drug-likeness (QED) is 0.825. The van der Waals surface area contributed by atoms with Crippen molar-refractivity contribution in [3.63, 3.8) is 0 Å². The number of nitrogens with one attached hydrogen (secondary N) is 1. The fraction of sp³-hybridized carbons (Fsp3) is 0.455. The highest BCUT2D eigenvalue weighted by atomic mass is 32.2. The van der Waals surface area contributed by atoms with Crippen molar-refractivity contribution in [2.75, 3.05) is 11.0 Å². The van der Waals surface area contributed by atoms with Crippen molar-refractivity contribution < 1.29 is 13.2 Å². The summed E-state index contributed by atoms with van der Waals surface area (Å²) in [5.74, 6) is 0.558. The van der Waals surface area contributed by atoms with Gasteiger partial charge >= 0.3 is 0 Å². The lowest BCUT2D eigenvalue weighted by Gasteiger charge is -2.15. The van der Waals surface area contributed by atoms with Gasteiger partial charge in [0.25, 0.3) is 0 Å². The normalized spacial score (nSPS) is 15.6. The summed E-state index contributed by atoms with van der Waals surface area (Å²) in [4.78, 5) is 0. The minimum absolute atomic E-state index is 0.197. The lowest BCUT2D eigenvalue weighted by molar-refractivity contribution is 0.302. The molecule has 1 fully saturated rings. The van der Waals surface area contributed by atoms with E-state index in [0.717, 1.165) is 24.7 Å². The number of hydrogen-bond donors (Lipinski definition) is 2. The maximum absolute atomic E-state index is 11.3. The number of sulfonamides is 1. The number of nitrogens with two attached hydrogens (primary N) is 1. The lowest BCUT2D eigenvalue weighted by Crippen LogP contribution is -2.13. The zero-order chi connectivity index (χ0) is 12.5. The molecular weight excluding hydrogens is 240 g/mol. The summed E-state index contributed by atoms with van der Waals surface area (Å²) in [6.45, 7) is 0.321. The summed E-state index contributed by atoms with van der Waals surface area (Å²) in [5.41, 5.74) is 6.89. The van der Waals surface area contributed by atoms with E-state index in [1.54, 1.807) is 12.1 Å². The molecule has 0 saturated heterocycles. The van der Waals surface area contributed by atoms with E-state index in [-0.39, 0.29) is 6.10 Å². The molecule has 1 saturated carbocycles. The van der Waals surface area contributed by atoms with Crippen LogP contribution in [0.25, 0.3) is 0 Å². The molecule has 17 heavy (non-hydrogen) atoms. The van der Waals surface area contributed by atoms with Crippen molar-refractivity contribution in [3.8, 4) is 5.75 Å². The molecule has 0 aliphatic heterocycles. The van der Waals surface area contributed by atoms with Gasteiger partial charge in [0.15, 0.2) is 0 Å². The van der Waals surface area contributed by atoms with E-state index < -0.39 is 10.0 Å². The Kier molecular flexibility index (Phi) is 3.26. The molecule has 0 amide bonds. The lowest BCUT2D eigenvalue weighted by atomic mass is 10.2. The van der Waals surface area contributed by atoms with E-state index in [1.807, 2.05) is 6.07 Å². The Labute approximate surface area is 101 Å². The Morgan fingerprint density at radius 2 is 2.18 bits per heavy atom. The molecule has 0 bridgehead atoms. The molecule has 5 nitrogen and oxygen atoms in total. The highest BCUT2D eigenvalue weighted by molar-refractivity contribution is 7.92. The second kappa shape index (κ2) is 4.54. The summed E-state index contributed by atoms with van der Waals surface area (Å²) >= 11 is 0. The van der Waals surface area contributed by atoms with Crippen LogP contribution in [0.1, 0.15) is 18.4 Å². The van der Waals surface area contributed by atoms with Crippen molar-refractivity contribution >= 4 is 15.7 Å². The van der Waals surface area contributed by atoms with Crippen molar-refractivity contribution in [2.24, 2.45) is 5.73 Å². The highest BCUT2D eigenvalue weighted by Crippen LogP contribution is 2.35. The molecule has 0 atom stereocenters. The molecular formula is C11H16N2O3S. The number of ether oxygens (including phenoxy) is 1. The van der Waals surface area contributed by atoms with Crippen LogP contribution in [0.15, 0.2) is 18.2 Å². The summed E-state index contributed by atoms with van der Waals surface area (Å²) < 4.78 is 30.7. The van der Waals surface area contributed by atoms with Gasteiger partial charge in [0, 0.05) is 12.1 Å². The average Bonchev–Trinajstić information content (AvgIpc) is 3.02. The number of anilines is 1. The maximum atomic E-state index is 11.3. The smallest absolute Gasteiger partial charge is 0.229 e. The molecule has 6 heteroatoms. The van der Waals surface area contributed by atoms with Crippen LogP contribution in [0.4, 0.5) is 5.69 Å². The summed E-state index contributed by atoms with van der Waals surface area (Å²) in [7, 11) is -3.31. The van der Waals surface area contributed by atoms with Crippen LogP contribution in [0.5, 0.6) is 5.75 Å². The number of hydrogen-bond acceptors (Lipinski definition) is 4. The van der Waals surface area contributed by atoms with Crippen LogP contribution >= 0.6 is 0 Å². The van der Waals surface area contributed by atoms with E-state index in [4.69, 9.17) is 10.5 Å². The van der Waals surface area contributed by atoms with Crippen LogP contribution in [0.3, 0.4) is 0 Å². The Hall–Kier alpha value is -1.27. The molecule has 3 N–H and O–H groups in total. The average molecular weight is 256 g/mol. The van der Waals surface area contributed by atoms with E-state index in [2.05, 4.69) is 4.72 Å². The molecule has 94 valence electrons. The number of benzene rings is 1. The van der Waals surface area contributed by atoms with E-state index in [1.165, 1.54) is 0 Å². The molecule has 0 heterocycles. The fourth-order valence-corrected chi connectivity index (χ4v) is 2.08. The van der Waals surface area contributed by atoms with Crippen LogP contribution in [0, 0.1) is 0 Å². The first-order valence-electron chi connectivity index (χ1n) is 5.46. The molecule has 1 aromatic rings. The predicted molar refractivity (Wildman–Crippen MR) is 66.4 cm³/mol. The van der Waals surface area contributed by atoms with Crippen LogP contribution in [0.2, 0.25) is 0 Å². The molecule has 1 aliphatic carbocycles. The molecule has 0 radical (unpaired) electrons. The second-order valence-corrected chi connectivity index (χ2v) is 5.94. The van der Waals surface area contributed by atoms with Gasteiger partial charge in [-0.2, -0.15) is 0 Å². The predicted octanol–water partition coefficient (Wildman–Crippen LogP) is 1.06. The van der Waals surface area contributed by atoms with Gasteiger partial charge in [-0.25, -0.2) is 8.42 Å². The fourth-order valence-electron chi connectivity index (χ4n) is 1.52. The van der Waals surface area contributed by atoms with Gasteiger partial charge in [0.1, 0.15) is 5.75 Å². The first-order chi connectivity index (χ1) is 7.99. The standard InChI is InChI=1S/C11H16N2O3S/c1-17(14,15)13-10-4-2-3-8(7-12)11(10)16-9-5-6-9/h2-4,9,13H,5-7,12H2,1H3. The largest absolute Gasteiger partial charge is 0.488 e. The Balaban J connectivity index is 2.34. The van der Waals surface area contributed by atoms with Gasteiger partial charge < -0.3 is 10.5 Å². The summed E-state index contributed by atoms with van der Waals surface area (Å²) in [6, 6.07) is 5.28. The molecule has 0 spiro atoms. The number of para-hydroxylation sites is 1. The topological polar surface area (TPSA) is 81.4 Å². The zero-order valence-corrected chi connectivity index (χ0v) is 10.5. The SMILES string of the molecule is CS(=O)(=O)Nc1cccc(CN)c1OC1CC1. The third-order valence-corrected chi connectivity index (χ3v) is 3.01. The van der Waals surface area contributed by atoms with E-state index in [0.29, 0.717) is 18.0 Å². The maximum Gasteiger partial charge on any atom is 0.229 e. The van der Waals surface area contributed by atoms with Gasteiger partial charge in [0.05, 0.1) is 18.0 Å². The first kappa shape index (κ1) is 12.2. The Morgan fingerprint density at radius 1 is 1.47 bits per heavy atom. The van der Waals surface area contributed by atoms with Gasteiger partial charge in [-0.15, -0.1) is 0 Å². The molecule has 0 unspecified atom stereocenters. The minimum atomic E-state index is -3.31. The van der Waals surface area contributed by atoms with Crippen molar-refractivity contribution in [1.29, 1.82) is 0 Å². The minimum Gasteiger partial charge on any atom is -0.488 e. The van der Waals surface area contributed by atoms with Crippen LogP contribution < -0.4 is 15.2 Å². The third-order valence-electron chi connectivity index (χ3n) is 2.42. The summed E-state index contributed by atoms with van der Waals surface area (Å²) in [5, 5.41) is 0. The van der Waals surface area contributed by atoms with Crippen molar-refractivity contribution in [2.45, 2.75) is 25.5 Å². The Bertz CT molecular complexity index is 509. The van der Waals surface area contributed by atoms with E-state index in [9.17, 15) is 8.42 Å². The highest BCUT2D eigenvalue weighted by Gasteiger charge is 2.26. The Morgan fingerprint density at radius 3 is 2.71 bits per heavy atom.